The van der Waals surface area contributed by atoms with Crippen LogP contribution in [0, 0.1) is 5.92 Å². The molecule has 9 nitrogen and oxygen atoms in total. The SMILES string of the molecule is CC[C@H](C)[C@H](NC(=O)COC(=O)c1ccccc1NS(C)(=O)=O)C(=O)OC. The van der Waals surface area contributed by atoms with Gasteiger partial charge in [-0.15, -0.1) is 0 Å². The molecule has 1 aromatic carbocycles. The maximum absolute atomic E-state index is 12.2. The predicted molar refractivity (Wildman–Crippen MR) is 98.6 cm³/mol. The Morgan fingerprint density at radius 2 is 1.81 bits per heavy atom. The smallest absolute Gasteiger partial charge is 0.340 e. The summed E-state index contributed by atoms with van der Waals surface area (Å²) in [7, 11) is -2.38. The molecule has 2 atom stereocenters. The van der Waals surface area contributed by atoms with Crippen molar-refractivity contribution in [2.45, 2.75) is 26.3 Å². The molecule has 0 heterocycles. The molecule has 0 radical (unpaired) electrons. The molecular formula is C17H24N2O7S. The molecular weight excluding hydrogens is 376 g/mol. The van der Waals surface area contributed by atoms with Crippen LogP contribution in [0.1, 0.15) is 30.6 Å². The van der Waals surface area contributed by atoms with Crippen LogP contribution in [-0.2, 0) is 29.1 Å². The van der Waals surface area contributed by atoms with Gasteiger partial charge >= 0.3 is 11.9 Å². The summed E-state index contributed by atoms with van der Waals surface area (Å²) in [5.74, 6) is -2.31. The summed E-state index contributed by atoms with van der Waals surface area (Å²) < 4.78 is 34.6. The molecule has 0 aliphatic heterocycles. The Kier molecular flexibility index (Phi) is 8.23. The van der Waals surface area contributed by atoms with E-state index in [0.29, 0.717) is 6.42 Å². The van der Waals surface area contributed by atoms with Crippen molar-refractivity contribution in [2.24, 2.45) is 5.92 Å². The van der Waals surface area contributed by atoms with Crippen LogP contribution in [-0.4, -0.2) is 52.3 Å². The van der Waals surface area contributed by atoms with E-state index in [4.69, 9.17) is 4.74 Å². The van der Waals surface area contributed by atoms with Crippen molar-refractivity contribution in [3.8, 4) is 0 Å². The minimum atomic E-state index is -3.59. The van der Waals surface area contributed by atoms with Gasteiger partial charge in [-0.3, -0.25) is 9.52 Å². The Bertz CT molecular complexity index is 792. The van der Waals surface area contributed by atoms with E-state index in [0.717, 1.165) is 6.26 Å². The molecule has 0 aliphatic rings. The number of amides is 1. The minimum Gasteiger partial charge on any atom is -0.467 e. The van der Waals surface area contributed by atoms with Crippen molar-refractivity contribution in [3.63, 3.8) is 0 Å². The first kappa shape index (κ1) is 22.4. The molecule has 0 fully saturated rings. The molecule has 10 heteroatoms. The molecule has 2 N–H and O–H groups in total. The van der Waals surface area contributed by atoms with Crippen molar-refractivity contribution < 1.29 is 32.3 Å². The van der Waals surface area contributed by atoms with Crippen molar-refractivity contribution in [1.29, 1.82) is 0 Å². The Balaban J connectivity index is 2.77. The lowest BCUT2D eigenvalue weighted by Crippen LogP contribution is -2.47. The second-order valence-electron chi connectivity index (χ2n) is 5.95. The fourth-order valence-corrected chi connectivity index (χ4v) is 2.75. The zero-order valence-electron chi connectivity index (χ0n) is 15.6. The van der Waals surface area contributed by atoms with Gasteiger partial charge in [0.2, 0.25) is 10.0 Å². The lowest BCUT2D eigenvalue weighted by atomic mass is 9.99. The molecule has 0 aromatic heterocycles. The summed E-state index contributed by atoms with van der Waals surface area (Å²) in [6, 6.07) is 4.98. The number of benzene rings is 1. The van der Waals surface area contributed by atoms with Crippen molar-refractivity contribution in [1.82, 2.24) is 5.32 Å². The molecule has 0 saturated heterocycles. The Morgan fingerprint density at radius 3 is 2.37 bits per heavy atom. The predicted octanol–water partition coefficient (Wildman–Crippen LogP) is 0.919. The summed E-state index contributed by atoms with van der Waals surface area (Å²) in [4.78, 5) is 36.0. The minimum absolute atomic E-state index is 0.0393. The highest BCUT2D eigenvalue weighted by molar-refractivity contribution is 7.92. The van der Waals surface area contributed by atoms with E-state index in [1.807, 2.05) is 6.92 Å². The highest BCUT2D eigenvalue weighted by Gasteiger charge is 2.27. The number of carbonyl (C=O) groups excluding carboxylic acids is 3. The second kappa shape index (κ2) is 9.91. The van der Waals surface area contributed by atoms with Gasteiger partial charge < -0.3 is 14.8 Å². The number of para-hydroxylation sites is 1. The lowest BCUT2D eigenvalue weighted by Gasteiger charge is -2.21. The van der Waals surface area contributed by atoms with Gasteiger partial charge in [0.15, 0.2) is 6.61 Å². The van der Waals surface area contributed by atoms with E-state index >= 15 is 0 Å². The summed E-state index contributed by atoms with van der Waals surface area (Å²) in [6.07, 6.45) is 1.58. The highest BCUT2D eigenvalue weighted by atomic mass is 32.2. The maximum Gasteiger partial charge on any atom is 0.340 e. The quantitative estimate of drug-likeness (QED) is 0.590. The first-order valence-electron chi connectivity index (χ1n) is 8.20. The van der Waals surface area contributed by atoms with Crippen molar-refractivity contribution in [3.05, 3.63) is 29.8 Å². The Labute approximate surface area is 158 Å². The van der Waals surface area contributed by atoms with Crippen molar-refractivity contribution >= 4 is 33.6 Å². The first-order chi connectivity index (χ1) is 12.6. The molecule has 0 bridgehead atoms. The number of carbonyl (C=O) groups is 3. The Hall–Kier alpha value is -2.62. The first-order valence-corrected chi connectivity index (χ1v) is 10.1. The average Bonchev–Trinajstić information content (AvgIpc) is 2.62. The van der Waals surface area contributed by atoms with Crippen LogP contribution in [0.25, 0.3) is 0 Å². The second-order valence-corrected chi connectivity index (χ2v) is 7.70. The number of rotatable bonds is 9. The van der Waals surface area contributed by atoms with E-state index in [-0.39, 0.29) is 17.2 Å². The van der Waals surface area contributed by atoms with Gasteiger partial charge in [-0.1, -0.05) is 32.4 Å². The van der Waals surface area contributed by atoms with Gasteiger partial charge in [0.1, 0.15) is 6.04 Å². The summed E-state index contributed by atoms with van der Waals surface area (Å²) >= 11 is 0. The Morgan fingerprint density at radius 1 is 1.19 bits per heavy atom. The maximum atomic E-state index is 12.2. The average molecular weight is 400 g/mol. The number of nitrogens with one attached hydrogen (secondary N) is 2. The molecule has 0 saturated carbocycles. The summed E-state index contributed by atoms with van der Waals surface area (Å²) in [6.45, 7) is 3.01. The van der Waals surface area contributed by atoms with Crippen LogP contribution < -0.4 is 10.0 Å². The molecule has 27 heavy (non-hydrogen) atoms. The van der Waals surface area contributed by atoms with Gasteiger partial charge in [-0.05, 0) is 18.1 Å². The third kappa shape index (κ3) is 7.26. The molecule has 0 spiro atoms. The topological polar surface area (TPSA) is 128 Å². The number of anilines is 1. The number of esters is 2. The normalized spacial score (nSPS) is 13.2. The molecule has 0 aliphatic carbocycles. The van der Waals surface area contributed by atoms with Crippen LogP contribution in [0.15, 0.2) is 24.3 Å². The zero-order valence-corrected chi connectivity index (χ0v) is 16.5. The summed E-state index contributed by atoms with van der Waals surface area (Å²) in [5.41, 5.74) is -0.000352. The van der Waals surface area contributed by atoms with Crippen LogP contribution in [0.2, 0.25) is 0 Å². The molecule has 1 rings (SSSR count). The van der Waals surface area contributed by atoms with Gasteiger partial charge in [0.25, 0.3) is 5.91 Å². The van der Waals surface area contributed by atoms with Gasteiger partial charge in [-0.2, -0.15) is 0 Å². The number of hydrogen-bond acceptors (Lipinski definition) is 7. The third-order valence-electron chi connectivity index (χ3n) is 3.76. The largest absolute Gasteiger partial charge is 0.467 e. The van der Waals surface area contributed by atoms with Crippen LogP contribution in [0.4, 0.5) is 5.69 Å². The summed E-state index contributed by atoms with van der Waals surface area (Å²) in [5, 5.41) is 2.48. The van der Waals surface area contributed by atoms with Crippen molar-refractivity contribution in [2.75, 3.05) is 24.7 Å². The highest BCUT2D eigenvalue weighted by Crippen LogP contribution is 2.17. The molecule has 1 aromatic rings. The number of sulfonamides is 1. The van der Waals surface area contributed by atoms with Crippen LogP contribution in [0.5, 0.6) is 0 Å². The molecule has 1 amide bonds. The van der Waals surface area contributed by atoms with E-state index in [9.17, 15) is 22.8 Å². The number of hydrogen-bond donors (Lipinski definition) is 2. The van der Waals surface area contributed by atoms with E-state index in [1.54, 1.807) is 13.0 Å². The molecule has 0 unspecified atom stereocenters. The fraction of sp³-hybridized carbons (Fsp3) is 0.471. The monoisotopic (exact) mass is 400 g/mol. The fourth-order valence-electron chi connectivity index (χ4n) is 2.17. The van der Waals surface area contributed by atoms with Crippen LogP contribution in [0.3, 0.4) is 0 Å². The van der Waals surface area contributed by atoms with Crippen LogP contribution >= 0.6 is 0 Å². The number of ether oxygens (including phenoxy) is 2. The molecule has 150 valence electrons. The van der Waals surface area contributed by atoms with Gasteiger partial charge in [0, 0.05) is 0 Å². The zero-order chi connectivity index (χ0) is 20.6. The number of methoxy groups -OCH3 is 1. The van der Waals surface area contributed by atoms with Gasteiger partial charge in [-0.25, -0.2) is 18.0 Å². The third-order valence-corrected chi connectivity index (χ3v) is 4.35. The van der Waals surface area contributed by atoms with E-state index < -0.39 is 40.5 Å². The lowest BCUT2D eigenvalue weighted by molar-refractivity contribution is -0.147. The van der Waals surface area contributed by atoms with Gasteiger partial charge in [0.05, 0.1) is 24.6 Å². The standard InChI is InChI=1S/C17H24N2O7S/c1-5-11(2)15(17(22)25-3)18-14(20)10-26-16(21)12-8-6-7-9-13(12)19-27(4,23)24/h6-9,11,15,19H,5,10H2,1-4H3,(H,18,20)/t11-,15-/m0/s1. The van der Waals surface area contributed by atoms with E-state index in [1.165, 1.54) is 25.3 Å². The van der Waals surface area contributed by atoms with E-state index in [2.05, 4.69) is 14.8 Å².